The molecule has 1 aliphatic heterocycles. The van der Waals surface area contributed by atoms with E-state index in [1.54, 1.807) is 11.9 Å². The Labute approximate surface area is 96.1 Å². The average Bonchev–Trinajstić information content (AvgIpc) is 2.24. The van der Waals surface area contributed by atoms with E-state index >= 15 is 0 Å². The highest BCUT2D eigenvalue weighted by Gasteiger charge is 2.23. The van der Waals surface area contributed by atoms with Crippen molar-refractivity contribution in [2.24, 2.45) is 0 Å². The second kappa shape index (κ2) is 6.48. The van der Waals surface area contributed by atoms with Crippen molar-refractivity contribution < 1.29 is 14.3 Å². The van der Waals surface area contributed by atoms with Crippen LogP contribution in [0.15, 0.2) is 0 Å². The topological polar surface area (TPSA) is 58.6 Å². The number of piperidine rings is 1. The number of likely N-dealkylation sites (tertiary alicyclic amines) is 1. The van der Waals surface area contributed by atoms with Gasteiger partial charge in [0.05, 0.1) is 6.61 Å². The number of hydrogen-bond donors (Lipinski definition) is 1. The summed E-state index contributed by atoms with van der Waals surface area (Å²) in [5, 5.41) is 2.92. The van der Waals surface area contributed by atoms with E-state index < -0.39 is 0 Å². The Morgan fingerprint density at radius 3 is 3.00 bits per heavy atom. The Balaban J connectivity index is 2.21. The van der Waals surface area contributed by atoms with Crippen LogP contribution in [0.1, 0.15) is 26.2 Å². The molecule has 0 aromatic heterocycles. The van der Waals surface area contributed by atoms with E-state index in [9.17, 15) is 9.59 Å². The molecule has 1 heterocycles. The van der Waals surface area contributed by atoms with E-state index in [2.05, 4.69) is 5.32 Å². The average molecular weight is 228 g/mol. The van der Waals surface area contributed by atoms with Crippen LogP contribution in [0.3, 0.4) is 0 Å². The summed E-state index contributed by atoms with van der Waals surface area (Å²) in [4.78, 5) is 24.4. The molecule has 5 heteroatoms. The van der Waals surface area contributed by atoms with Gasteiger partial charge in [0.2, 0.25) is 11.8 Å². The Kier molecular flexibility index (Phi) is 5.25. The normalized spacial score (nSPS) is 21.0. The highest BCUT2D eigenvalue weighted by molar-refractivity contribution is 5.79. The van der Waals surface area contributed by atoms with Gasteiger partial charge in [0, 0.05) is 39.1 Å². The first-order valence-electron chi connectivity index (χ1n) is 5.74. The van der Waals surface area contributed by atoms with Crippen LogP contribution in [0.2, 0.25) is 0 Å². The number of nitrogens with zero attached hydrogens (tertiary/aromatic N) is 1. The molecular weight excluding hydrogens is 208 g/mol. The Bertz CT molecular complexity index is 256. The van der Waals surface area contributed by atoms with Gasteiger partial charge in [-0.25, -0.2) is 0 Å². The minimum Gasteiger partial charge on any atom is -0.381 e. The molecule has 16 heavy (non-hydrogen) atoms. The summed E-state index contributed by atoms with van der Waals surface area (Å²) >= 11 is 0. The Morgan fingerprint density at radius 2 is 2.38 bits per heavy atom. The molecule has 92 valence electrons. The summed E-state index contributed by atoms with van der Waals surface area (Å²) in [5.74, 6) is 0.154. The SMILES string of the molecule is CCOCCC(=O)NC1CCC(=O)N(C)C1. The lowest BCUT2D eigenvalue weighted by Crippen LogP contribution is -2.48. The first-order valence-corrected chi connectivity index (χ1v) is 5.74. The molecule has 1 N–H and O–H groups in total. The molecule has 1 aliphatic rings. The third-order valence-corrected chi connectivity index (χ3v) is 2.67. The highest BCUT2D eigenvalue weighted by Crippen LogP contribution is 2.09. The van der Waals surface area contributed by atoms with E-state index in [0.717, 1.165) is 6.42 Å². The third kappa shape index (κ3) is 4.18. The maximum absolute atomic E-state index is 11.5. The molecule has 0 aliphatic carbocycles. The molecule has 1 fully saturated rings. The molecule has 0 aromatic rings. The van der Waals surface area contributed by atoms with E-state index in [1.807, 2.05) is 6.92 Å². The maximum atomic E-state index is 11.5. The number of rotatable bonds is 5. The van der Waals surface area contributed by atoms with E-state index in [1.165, 1.54) is 0 Å². The number of carbonyl (C=O) groups excluding carboxylic acids is 2. The van der Waals surface area contributed by atoms with Crippen LogP contribution in [0.4, 0.5) is 0 Å². The Hall–Kier alpha value is -1.10. The molecule has 0 aromatic carbocycles. The quantitative estimate of drug-likeness (QED) is 0.681. The predicted octanol–water partition coefficient (Wildman–Crippen LogP) is 0.150. The van der Waals surface area contributed by atoms with Crippen LogP contribution < -0.4 is 5.32 Å². The summed E-state index contributed by atoms with van der Waals surface area (Å²) in [6.45, 7) is 3.61. The van der Waals surface area contributed by atoms with E-state index in [-0.39, 0.29) is 17.9 Å². The van der Waals surface area contributed by atoms with Crippen molar-refractivity contribution in [2.75, 3.05) is 26.8 Å². The summed E-state index contributed by atoms with van der Waals surface area (Å²) in [6.07, 6.45) is 1.65. The zero-order valence-corrected chi connectivity index (χ0v) is 9.99. The first-order chi connectivity index (χ1) is 7.63. The van der Waals surface area contributed by atoms with Crippen molar-refractivity contribution in [3.63, 3.8) is 0 Å². The molecular formula is C11H20N2O3. The molecule has 5 nitrogen and oxygen atoms in total. The fourth-order valence-corrected chi connectivity index (χ4v) is 1.74. The fraction of sp³-hybridized carbons (Fsp3) is 0.818. The minimum atomic E-state index is 0.00111. The van der Waals surface area contributed by atoms with Crippen molar-refractivity contribution in [1.82, 2.24) is 10.2 Å². The van der Waals surface area contributed by atoms with Crippen LogP contribution in [-0.4, -0.2) is 49.6 Å². The van der Waals surface area contributed by atoms with Crippen LogP contribution in [0.5, 0.6) is 0 Å². The van der Waals surface area contributed by atoms with Gasteiger partial charge in [-0.1, -0.05) is 0 Å². The maximum Gasteiger partial charge on any atom is 0.222 e. The monoisotopic (exact) mass is 228 g/mol. The Morgan fingerprint density at radius 1 is 1.62 bits per heavy atom. The third-order valence-electron chi connectivity index (χ3n) is 2.67. The van der Waals surface area contributed by atoms with Gasteiger partial charge in [0.1, 0.15) is 0 Å². The lowest BCUT2D eigenvalue weighted by atomic mass is 10.1. The number of ether oxygens (including phenoxy) is 1. The van der Waals surface area contributed by atoms with Gasteiger partial charge in [-0.05, 0) is 13.3 Å². The van der Waals surface area contributed by atoms with E-state index in [4.69, 9.17) is 4.74 Å². The predicted molar refractivity (Wildman–Crippen MR) is 59.9 cm³/mol. The van der Waals surface area contributed by atoms with Gasteiger partial charge in [-0.3, -0.25) is 9.59 Å². The van der Waals surface area contributed by atoms with Gasteiger partial charge in [0.25, 0.3) is 0 Å². The molecule has 0 spiro atoms. The standard InChI is InChI=1S/C11H20N2O3/c1-3-16-7-6-10(14)12-9-4-5-11(15)13(2)8-9/h9H,3-8H2,1-2H3,(H,12,14). The minimum absolute atomic E-state index is 0.00111. The highest BCUT2D eigenvalue weighted by atomic mass is 16.5. The van der Waals surface area contributed by atoms with Crippen LogP contribution in [0.25, 0.3) is 0 Å². The van der Waals surface area contributed by atoms with Crippen LogP contribution in [-0.2, 0) is 14.3 Å². The molecule has 0 bridgehead atoms. The summed E-state index contributed by atoms with van der Waals surface area (Å²) in [5.41, 5.74) is 0. The first kappa shape index (κ1) is 13.0. The van der Waals surface area contributed by atoms with Gasteiger partial charge in [-0.15, -0.1) is 0 Å². The number of nitrogens with one attached hydrogen (secondary N) is 1. The fourth-order valence-electron chi connectivity index (χ4n) is 1.74. The van der Waals surface area contributed by atoms with Crippen LogP contribution >= 0.6 is 0 Å². The number of amides is 2. The zero-order chi connectivity index (χ0) is 12.0. The van der Waals surface area contributed by atoms with Crippen molar-refractivity contribution >= 4 is 11.8 Å². The summed E-state index contributed by atoms with van der Waals surface area (Å²) in [7, 11) is 1.76. The molecule has 1 saturated heterocycles. The largest absolute Gasteiger partial charge is 0.381 e. The second-order valence-electron chi connectivity index (χ2n) is 4.02. The van der Waals surface area contributed by atoms with Gasteiger partial charge >= 0.3 is 0 Å². The second-order valence-corrected chi connectivity index (χ2v) is 4.02. The molecule has 1 unspecified atom stereocenters. The van der Waals surface area contributed by atoms with Gasteiger partial charge in [-0.2, -0.15) is 0 Å². The van der Waals surface area contributed by atoms with E-state index in [0.29, 0.717) is 32.6 Å². The molecule has 2 amide bonds. The smallest absolute Gasteiger partial charge is 0.222 e. The molecule has 1 atom stereocenters. The lowest BCUT2D eigenvalue weighted by Gasteiger charge is -2.30. The van der Waals surface area contributed by atoms with Crippen molar-refractivity contribution in [1.29, 1.82) is 0 Å². The lowest BCUT2D eigenvalue weighted by molar-refractivity contribution is -0.134. The van der Waals surface area contributed by atoms with Gasteiger partial charge in [0.15, 0.2) is 0 Å². The molecule has 0 saturated carbocycles. The zero-order valence-electron chi connectivity index (χ0n) is 9.99. The summed E-state index contributed by atoms with van der Waals surface area (Å²) in [6, 6.07) is 0.0943. The van der Waals surface area contributed by atoms with Crippen molar-refractivity contribution in [2.45, 2.75) is 32.2 Å². The number of carbonyl (C=O) groups is 2. The van der Waals surface area contributed by atoms with Crippen LogP contribution in [0, 0.1) is 0 Å². The number of likely N-dealkylation sites (N-methyl/N-ethyl adjacent to an activating group) is 1. The summed E-state index contributed by atoms with van der Waals surface area (Å²) < 4.78 is 5.11. The van der Waals surface area contributed by atoms with Crippen molar-refractivity contribution in [3.05, 3.63) is 0 Å². The molecule has 0 radical (unpaired) electrons. The molecule has 1 rings (SSSR count). The number of hydrogen-bond acceptors (Lipinski definition) is 3. The van der Waals surface area contributed by atoms with Gasteiger partial charge < -0.3 is 15.0 Å². The van der Waals surface area contributed by atoms with Crippen molar-refractivity contribution in [3.8, 4) is 0 Å².